The zero-order chi connectivity index (χ0) is 21.5. The molecule has 2 N–H and O–H groups in total. The van der Waals surface area contributed by atoms with Crippen LogP contribution < -0.4 is 10.0 Å². The summed E-state index contributed by atoms with van der Waals surface area (Å²) in [7, 11) is -3.94. The van der Waals surface area contributed by atoms with Crippen LogP contribution in [-0.2, 0) is 19.6 Å². The van der Waals surface area contributed by atoms with Gasteiger partial charge in [0.25, 0.3) is 10.0 Å². The lowest BCUT2D eigenvalue weighted by molar-refractivity contribution is -0.120. The van der Waals surface area contributed by atoms with E-state index in [0.717, 1.165) is 0 Å². The normalized spacial score (nSPS) is 15.0. The van der Waals surface area contributed by atoms with Gasteiger partial charge >= 0.3 is 0 Å². The molecule has 0 saturated heterocycles. The maximum absolute atomic E-state index is 13.9. The fourth-order valence-electron chi connectivity index (χ4n) is 3.20. The highest BCUT2D eigenvalue weighted by molar-refractivity contribution is 7.90. The second kappa shape index (κ2) is 7.56. The Labute approximate surface area is 175 Å². The van der Waals surface area contributed by atoms with Crippen LogP contribution in [0.25, 0.3) is 10.9 Å². The van der Waals surface area contributed by atoms with Gasteiger partial charge in [0, 0.05) is 26.0 Å². The van der Waals surface area contributed by atoms with Crippen LogP contribution in [0.2, 0.25) is 0 Å². The first-order valence-electron chi connectivity index (χ1n) is 9.49. The first-order valence-corrected chi connectivity index (χ1v) is 11.0. The highest BCUT2D eigenvalue weighted by atomic mass is 32.2. The van der Waals surface area contributed by atoms with E-state index in [0.29, 0.717) is 29.4 Å². The van der Waals surface area contributed by atoms with Crippen LogP contribution >= 0.6 is 0 Å². The third-order valence-electron chi connectivity index (χ3n) is 5.12. The monoisotopic (exact) mass is 433 g/mol. The molecule has 1 fully saturated rings. The molecule has 1 saturated carbocycles. The summed E-state index contributed by atoms with van der Waals surface area (Å²) in [5.41, 5.74) is 1.01. The Bertz CT molecular complexity index is 1240. The molecule has 0 bridgehead atoms. The van der Waals surface area contributed by atoms with Crippen molar-refractivity contribution in [2.24, 2.45) is 5.92 Å². The van der Waals surface area contributed by atoms with Crippen molar-refractivity contribution < 1.29 is 25.3 Å². The van der Waals surface area contributed by atoms with Crippen LogP contribution in [0.3, 0.4) is 0 Å². The molecule has 1 aliphatic carbocycles. The van der Waals surface area contributed by atoms with E-state index in [9.17, 15) is 22.4 Å². The Morgan fingerprint density at radius 3 is 2.50 bits per heavy atom. The van der Waals surface area contributed by atoms with Crippen LogP contribution in [0, 0.1) is 11.7 Å². The van der Waals surface area contributed by atoms with Gasteiger partial charge in [0.05, 0.1) is 10.4 Å². The zero-order valence-corrected chi connectivity index (χ0v) is 16.9. The zero-order valence-electron chi connectivity index (χ0n) is 16.1. The molecule has 0 unspecified atom stereocenters. The van der Waals surface area contributed by atoms with Crippen LogP contribution in [0.4, 0.5) is 10.1 Å². The molecule has 1 heterocycles. The fraction of sp³-hybridized carbons (Fsp3) is 0.238. The number of carbonyl (C=O) groups is 2. The number of nitrogens with zero attached hydrogens (tertiary/aromatic N) is 1. The van der Waals surface area contributed by atoms with Crippen molar-refractivity contribution >= 4 is 38.4 Å². The van der Waals surface area contributed by atoms with Crippen molar-refractivity contribution in [3.8, 4) is 0 Å². The minimum absolute atomic E-state index is 0. The topological polar surface area (TPSA) is 97.3 Å². The summed E-state index contributed by atoms with van der Waals surface area (Å²) in [5.74, 6) is -1.41. The minimum atomic E-state index is -3.94. The Morgan fingerprint density at radius 1 is 1.13 bits per heavy atom. The Hall–Kier alpha value is -3.20. The van der Waals surface area contributed by atoms with Crippen LogP contribution in [0.5, 0.6) is 0 Å². The summed E-state index contributed by atoms with van der Waals surface area (Å²) in [6.07, 6.45) is 3.05. The number of nitrogens with one attached hydrogen (secondary N) is 2. The molecular formula is C21H24FN3O4S. The van der Waals surface area contributed by atoms with Crippen LogP contribution in [0.15, 0.2) is 59.6 Å². The number of halogens is 1. The molecular weight excluding hydrogens is 409 g/mol. The van der Waals surface area contributed by atoms with Gasteiger partial charge in [-0.05, 0) is 62.2 Å². The Balaban J connectivity index is 0.00000181. The summed E-state index contributed by atoms with van der Waals surface area (Å²) >= 11 is 0. The molecule has 0 aliphatic heterocycles. The lowest BCUT2D eigenvalue weighted by Crippen LogP contribution is -2.31. The number of amides is 2. The van der Waals surface area contributed by atoms with E-state index in [1.165, 1.54) is 30.3 Å². The van der Waals surface area contributed by atoms with E-state index >= 15 is 0 Å². The van der Waals surface area contributed by atoms with Gasteiger partial charge in [-0.1, -0.05) is 6.07 Å². The lowest BCUT2D eigenvalue weighted by Gasteiger charge is -2.16. The van der Waals surface area contributed by atoms with Crippen molar-refractivity contribution in [2.45, 2.75) is 30.7 Å². The number of hydrogen-bond acceptors (Lipinski definition) is 4. The maximum atomic E-state index is 13.9. The average Bonchev–Trinajstić information content (AvgIpc) is 3.47. The van der Waals surface area contributed by atoms with Gasteiger partial charge in [-0.15, -0.1) is 0 Å². The summed E-state index contributed by atoms with van der Waals surface area (Å²) in [5, 5.41) is 3.15. The van der Waals surface area contributed by atoms with Gasteiger partial charge in [-0.3, -0.25) is 9.59 Å². The average molecular weight is 434 g/mol. The predicted molar refractivity (Wildman–Crippen MR) is 114 cm³/mol. The van der Waals surface area contributed by atoms with Gasteiger partial charge in [0.2, 0.25) is 11.8 Å². The highest BCUT2D eigenvalue weighted by Crippen LogP contribution is 2.29. The number of rotatable bonds is 6. The van der Waals surface area contributed by atoms with Crippen molar-refractivity contribution in [3.63, 3.8) is 0 Å². The number of hydrogen-bond donors (Lipinski definition) is 2. The fourth-order valence-corrected chi connectivity index (χ4v) is 4.24. The molecule has 160 valence electrons. The number of benzene rings is 2. The first-order chi connectivity index (χ1) is 14.3. The summed E-state index contributed by atoms with van der Waals surface area (Å²) in [6.45, 7) is 1.69. The molecule has 1 atom stereocenters. The number of aromatic nitrogens is 1. The summed E-state index contributed by atoms with van der Waals surface area (Å²) in [6, 6.07) is 11.2. The van der Waals surface area contributed by atoms with Gasteiger partial charge in [0.15, 0.2) is 0 Å². The van der Waals surface area contributed by atoms with E-state index < -0.39 is 22.0 Å². The van der Waals surface area contributed by atoms with Crippen molar-refractivity contribution in [1.29, 1.82) is 0 Å². The van der Waals surface area contributed by atoms with E-state index in [2.05, 4.69) is 10.0 Å². The Morgan fingerprint density at radius 2 is 1.83 bits per heavy atom. The SMILES string of the molecule is C[C@H](C(=O)Nc1ccc(S(=O)(=O)NC(=O)C2CC2)cc1)n1ccc2c(F)cccc21.[HH].[HH]. The van der Waals surface area contributed by atoms with Gasteiger partial charge in [-0.2, -0.15) is 0 Å². The van der Waals surface area contributed by atoms with Gasteiger partial charge < -0.3 is 9.88 Å². The molecule has 7 nitrogen and oxygen atoms in total. The van der Waals surface area contributed by atoms with E-state index in [4.69, 9.17) is 0 Å². The van der Waals surface area contributed by atoms with Crippen LogP contribution in [-0.4, -0.2) is 24.8 Å². The minimum Gasteiger partial charge on any atom is -0.335 e. The maximum Gasteiger partial charge on any atom is 0.264 e. The molecule has 1 aromatic heterocycles. The second-order valence-electron chi connectivity index (χ2n) is 7.33. The third kappa shape index (κ3) is 3.93. The molecule has 0 radical (unpaired) electrons. The molecule has 3 aromatic rings. The number of fused-ring (bicyclic) bond motifs is 1. The standard InChI is InChI=1S/C21H20FN3O4S.2H2/c1-13(25-12-11-17-18(22)3-2-4-19(17)25)20(26)23-15-7-9-16(10-8-15)30(28,29)24-21(27)14-5-6-14;;/h2-4,7-14H,5-6H2,1H3,(H,23,26)(H,24,27);2*1H/t13-;;/m1../s1. The van der Waals surface area contributed by atoms with E-state index in [1.54, 1.807) is 35.9 Å². The first kappa shape index (κ1) is 20.1. The molecule has 30 heavy (non-hydrogen) atoms. The molecule has 9 heteroatoms. The Kier molecular flexibility index (Phi) is 5.07. The van der Waals surface area contributed by atoms with Gasteiger partial charge in [-0.25, -0.2) is 17.5 Å². The van der Waals surface area contributed by atoms with E-state index in [1.807, 2.05) is 0 Å². The second-order valence-corrected chi connectivity index (χ2v) is 9.01. The smallest absolute Gasteiger partial charge is 0.264 e. The predicted octanol–water partition coefficient (Wildman–Crippen LogP) is 3.69. The quantitative estimate of drug-likeness (QED) is 0.620. The lowest BCUT2D eigenvalue weighted by atomic mass is 10.2. The molecule has 2 aromatic carbocycles. The van der Waals surface area contributed by atoms with Crippen molar-refractivity contribution in [1.82, 2.24) is 9.29 Å². The number of sulfonamides is 1. The largest absolute Gasteiger partial charge is 0.335 e. The molecule has 4 rings (SSSR count). The molecule has 1 aliphatic rings. The van der Waals surface area contributed by atoms with Crippen molar-refractivity contribution in [3.05, 3.63) is 60.5 Å². The number of anilines is 1. The number of carbonyl (C=O) groups excluding carboxylic acids is 2. The molecule has 0 spiro atoms. The van der Waals surface area contributed by atoms with Gasteiger partial charge in [0.1, 0.15) is 11.9 Å². The van der Waals surface area contributed by atoms with Crippen LogP contribution in [0.1, 0.15) is 28.7 Å². The summed E-state index contributed by atoms with van der Waals surface area (Å²) < 4.78 is 42.2. The molecule has 2 amide bonds. The third-order valence-corrected chi connectivity index (χ3v) is 6.48. The summed E-state index contributed by atoms with van der Waals surface area (Å²) in [4.78, 5) is 24.3. The van der Waals surface area contributed by atoms with E-state index in [-0.39, 0.29) is 25.4 Å². The highest BCUT2D eigenvalue weighted by Gasteiger charge is 2.32. The van der Waals surface area contributed by atoms with Crippen molar-refractivity contribution in [2.75, 3.05) is 5.32 Å².